The van der Waals surface area contributed by atoms with Gasteiger partial charge in [0.2, 0.25) is 0 Å². The van der Waals surface area contributed by atoms with Crippen molar-refractivity contribution in [3.63, 3.8) is 0 Å². The fourth-order valence-electron chi connectivity index (χ4n) is 8.85. The molecule has 0 saturated heterocycles. The first-order valence-electron chi connectivity index (χ1n) is 19.0. The smallest absolute Gasteiger partial charge is 0.159 e. The summed E-state index contributed by atoms with van der Waals surface area (Å²) in [6.45, 7) is 0. The molecule has 0 amide bonds. The van der Waals surface area contributed by atoms with Gasteiger partial charge < -0.3 is 18.3 Å². The summed E-state index contributed by atoms with van der Waals surface area (Å²) >= 11 is 0. The van der Waals surface area contributed by atoms with E-state index >= 15 is 0 Å². The van der Waals surface area contributed by atoms with Crippen LogP contribution in [0.1, 0.15) is 0 Å². The van der Waals surface area contributed by atoms with Crippen LogP contribution in [-0.2, 0) is 0 Å². The molecule has 0 unspecified atom stereocenters. The number of furan rings is 2. The van der Waals surface area contributed by atoms with Crippen molar-refractivity contribution in [3.8, 4) is 16.8 Å². The molecule has 0 aliphatic rings. The molecular formula is C52H32N2O2. The van der Waals surface area contributed by atoms with Gasteiger partial charge in [0.15, 0.2) is 5.58 Å². The molecule has 0 aliphatic heterocycles. The van der Waals surface area contributed by atoms with Crippen LogP contribution in [-0.4, -0.2) is 4.57 Å². The number of fused-ring (bicyclic) bond motifs is 11. The number of benzene rings is 9. The lowest BCUT2D eigenvalue weighted by atomic mass is 10.0. The van der Waals surface area contributed by atoms with Crippen molar-refractivity contribution in [1.82, 2.24) is 4.57 Å². The molecule has 3 aromatic heterocycles. The van der Waals surface area contributed by atoms with Gasteiger partial charge in [-0.15, -0.1) is 0 Å². The largest absolute Gasteiger partial charge is 0.455 e. The molecule has 4 nitrogen and oxygen atoms in total. The Morgan fingerprint density at radius 2 is 1.00 bits per heavy atom. The maximum atomic E-state index is 6.97. The molecule has 0 aliphatic carbocycles. The molecule has 56 heavy (non-hydrogen) atoms. The summed E-state index contributed by atoms with van der Waals surface area (Å²) in [4.78, 5) is 2.34. The molecule has 12 rings (SSSR count). The van der Waals surface area contributed by atoms with Crippen LogP contribution >= 0.6 is 0 Å². The number of hydrogen-bond acceptors (Lipinski definition) is 3. The molecule has 4 heteroatoms. The summed E-state index contributed by atoms with van der Waals surface area (Å²) in [7, 11) is 0. The van der Waals surface area contributed by atoms with Crippen LogP contribution in [0, 0.1) is 0 Å². The number of hydrogen-bond donors (Lipinski definition) is 0. The molecule has 12 aromatic rings. The van der Waals surface area contributed by atoms with Crippen LogP contribution < -0.4 is 4.90 Å². The maximum Gasteiger partial charge on any atom is 0.159 e. The molecular weight excluding hydrogens is 685 g/mol. The van der Waals surface area contributed by atoms with Gasteiger partial charge in [-0.3, -0.25) is 0 Å². The van der Waals surface area contributed by atoms with E-state index in [2.05, 4.69) is 204 Å². The molecule has 0 bridgehead atoms. The normalized spacial score (nSPS) is 11.9. The Morgan fingerprint density at radius 1 is 0.375 bits per heavy atom. The lowest BCUT2D eigenvalue weighted by Crippen LogP contribution is -2.10. The predicted molar refractivity (Wildman–Crippen MR) is 233 cm³/mol. The molecule has 9 aromatic carbocycles. The summed E-state index contributed by atoms with van der Waals surface area (Å²) < 4.78 is 16.0. The van der Waals surface area contributed by atoms with Crippen LogP contribution in [0.25, 0.3) is 93.3 Å². The Kier molecular flexibility index (Phi) is 6.60. The van der Waals surface area contributed by atoms with Crippen LogP contribution in [0.5, 0.6) is 0 Å². The fraction of sp³-hybridized carbons (Fsp3) is 0. The minimum absolute atomic E-state index is 0.826. The first-order chi connectivity index (χ1) is 27.8. The quantitative estimate of drug-likeness (QED) is 0.178. The van der Waals surface area contributed by atoms with E-state index in [1.807, 2.05) is 0 Å². The highest BCUT2D eigenvalue weighted by Crippen LogP contribution is 2.46. The zero-order valence-electron chi connectivity index (χ0n) is 30.2. The highest BCUT2D eigenvalue weighted by atomic mass is 16.3. The summed E-state index contributed by atoms with van der Waals surface area (Å²) in [5.74, 6) is 0. The zero-order valence-corrected chi connectivity index (χ0v) is 30.2. The van der Waals surface area contributed by atoms with Crippen LogP contribution in [0.15, 0.2) is 203 Å². The summed E-state index contributed by atoms with van der Waals surface area (Å²) in [6, 6.07) is 68.8. The molecule has 262 valence electrons. The minimum Gasteiger partial charge on any atom is -0.455 e. The Labute approximate surface area is 321 Å². The second-order valence-corrected chi connectivity index (χ2v) is 14.5. The SMILES string of the molecule is c1ccc(-c2ccc(N(c3ccc4c(c3)oc3c(-n5c6ccccc6c6ccccc65)cccc34)c3cccc4oc5c6ccccc6ccc5c34)cc2)cc1. The monoisotopic (exact) mass is 716 g/mol. The van der Waals surface area contributed by atoms with E-state index in [-0.39, 0.29) is 0 Å². The Morgan fingerprint density at radius 3 is 1.80 bits per heavy atom. The Bertz CT molecular complexity index is 3430. The van der Waals surface area contributed by atoms with Crippen LogP contribution in [0.2, 0.25) is 0 Å². The highest BCUT2D eigenvalue weighted by Gasteiger charge is 2.23. The van der Waals surface area contributed by atoms with Crippen molar-refractivity contribution in [2.75, 3.05) is 4.90 Å². The molecule has 0 N–H and O–H groups in total. The van der Waals surface area contributed by atoms with Gasteiger partial charge in [-0.25, -0.2) is 0 Å². The fourth-order valence-corrected chi connectivity index (χ4v) is 8.85. The van der Waals surface area contributed by atoms with E-state index in [9.17, 15) is 0 Å². The summed E-state index contributed by atoms with van der Waals surface area (Å²) in [6.07, 6.45) is 0. The topological polar surface area (TPSA) is 34.5 Å². The van der Waals surface area contributed by atoms with Gasteiger partial charge in [0.25, 0.3) is 0 Å². The van der Waals surface area contributed by atoms with Gasteiger partial charge in [-0.05, 0) is 77.2 Å². The first kappa shape index (κ1) is 30.9. The van der Waals surface area contributed by atoms with Crippen molar-refractivity contribution in [2.45, 2.75) is 0 Å². The molecule has 0 fully saturated rings. The zero-order chi connectivity index (χ0) is 36.7. The minimum atomic E-state index is 0.826. The third-order valence-corrected chi connectivity index (χ3v) is 11.4. The van der Waals surface area contributed by atoms with E-state index in [0.29, 0.717) is 0 Å². The number of para-hydroxylation sites is 3. The van der Waals surface area contributed by atoms with E-state index in [1.54, 1.807) is 0 Å². The second-order valence-electron chi connectivity index (χ2n) is 14.5. The van der Waals surface area contributed by atoms with Gasteiger partial charge in [-0.2, -0.15) is 0 Å². The molecule has 3 heterocycles. The van der Waals surface area contributed by atoms with Crippen molar-refractivity contribution >= 4 is 93.5 Å². The van der Waals surface area contributed by atoms with Gasteiger partial charge in [-0.1, -0.05) is 127 Å². The van der Waals surface area contributed by atoms with Crippen molar-refractivity contribution in [3.05, 3.63) is 194 Å². The maximum absolute atomic E-state index is 6.97. The standard InChI is InChI=1S/C52H32N2O2/c1-2-12-33(13-3-1)34-24-27-36(28-25-34)53(46-21-11-23-48-50(46)43-30-26-35-14-4-5-15-38(35)51(43)55-48)37-29-31-41-42-18-10-22-47(52(42)56-49(41)32-37)54-44-19-8-6-16-39(44)40-17-7-9-20-45(40)54/h1-32H. The van der Waals surface area contributed by atoms with Gasteiger partial charge >= 0.3 is 0 Å². The average molecular weight is 717 g/mol. The predicted octanol–water partition coefficient (Wildman–Crippen LogP) is 14.9. The Balaban J connectivity index is 1.09. The van der Waals surface area contributed by atoms with Crippen LogP contribution in [0.4, 0.5) is 17.1 Å². The lowest BCUT2D eigenvalue weighted by Gasteiger charge is -2.26. The van der Waals surface area contributed by atoms with Gasteiger partial charge in [0.05, 0.1) is 27.8 Å². The number of rotatable bonds is 5. The number of nitrogens with zero attached hydrogens (tertiary/aromatic N) is 2. The van der Waals surface area contributed by atoms with E-state index in [0.717, 1.165) is 94.0 Å². The first-order valence-corrected chi connectivity index (χ1v) is 19.0. The molecule has 0 spiro atoms. The summed E-state index contributed by atoms with van der Waals surface area (Å²) in [5, 5.41) is 9.02. The van der Waals surface area contributed by atoms with Crippen LogP contribution in [0.3, 0.4) is 0 Å². The average Bonchev–Trinajstić information content (AvgIpc) is 3.94. The van der Waals surface area contributed by atoms with E-state index in [4.69, 9.17) is 8.83 Å². The summed E-state index contributed by atoms with van der Waals surface area (Å²) in [5.41, 5.74) is 12.2. The third kappa shape index (κ3) is 4.53. The lowest BCUT2D eigenvalue weighted by molar-refractivity contribution is 0.666. The third-order valence-electron chi connectivity index (χ3n) is 11.4. The van der Waals surface area contributed by atoms with Gasteiger partial charge in [0.1, 0.15) is 16.7 Å². The van der Waals surface area contributed by atoms with Crippen molar-refractivity contribution < 1.29 is 8.83 Å². The second kappa shape index (κ2) is 12.0. The molecule has 0 radical (unpaired) electrons. The van der Waals surface area contributed by atoms with Crippen molar-refractivity contribution in [1.29, 1.82) is 0 Å². The van der Waals surface area contributed by atoms with Gasteiger partial charge in [0, 0.05) is 49.8 Å². The van der Waals surface area contributed by atoms with E-state index in [1.165, 1.54) is 16.3 Å². The highest BCUT2D eigenvalue weighted by molar-refractivity contribution is 6.20. The number of aromatic nitrogens is 1. The van der Waals surface area contributed by atoms with E-state index < -0.39 is 0 Å². The molecule has 0 saturated carbocycles. The number of anilines is 3. The van der Waals surface area contributed by atoms with Crippen molar-refractivity contribution in [2.24, 2.45) is 0 Å². The Hall–Kier alpha value is -7.56. The molecule has 0 atom stereocenters.